The van der Waals surface area contributed by atoms with Crippen LogP contribution in [0.25, 0.3) is 11.4 Å². The molecule has 0 aliphatic rings. The number of pyridine rings is 1. The van der Waals surface area contributed by atoms with Crippen LogP contribution in [0.1, 0.15) is 18.9 Å². The summed E-state index contributed by atoms with van der Waals surface area (Å²) in [5.41, 5.74) is 2.14. The summed E-state index contributed by atoms with van der Waals surface area (Å²) in [5.74, 6) is 1.61. The molecule has 1 atom stereocenters. The van der Waals surface area contributed by atoms with Gasteiger partial charge in [0.2, 0.25) is 0 Å². The average Bonchev–Trinajstić information content (AvgIpc) is 2.99. The van der Waals surface area contributed by atoms with E-state index in [1.807, 2.05) is 30.3 Å². The summed E-state index contributed by atoms with van der Waals surface area (Å²) >= 11 is 1.62. The highest BCUT2D eigenvalue weighted by Gasteiger charge is 2.15. The monoisotopic (exact) mass is 340 g/mol. The van der Waals surface area contributed by atoms with Gasteiger partial charge in [-0.2, -0.15) is 0 Å². The van der Waals surface area contributed by atoms with Crippen LogP contribution < -0.4 is 0 Å². The van der Waals surface area contributed by atoms with Gasteiger partial charge in [0.25, 0.3) is 0 Å². The van der Waals surface area contributed by atoms with Gasteiger partial charge in [-0.05, 0) is 31.0 Å². The van der Waals surface area contributed by atoms with Crippen molar-refractivity contribution >= 4 is 11.8 Å². The zero-order valence-corrected chi connectivity index (χ0v) is 14.4. The lowest BCUT2D eigenvalue weighted by Gasteiger charge is -2.10. The van der Waals surface area contributed by atoms with Crippen molar-refractivity contribution in [3.05, 3.63) is 60.4 Å². The molecule has 1 unspecified atom stereocenters. The Morgan fingerprint density at radius 2 is 1.96 bits per heavy atom. The van der Waals surface area contributed by atoms with Crippen LogP contribution in [0.15, 0.2) is 60.0 Å². The number of thioether (sulfide) groups is 1. The number of aliphatic hydroxyl groups is 1. The summed E-state index contributed by atoms with van der Waals surface area (Å²) in [7, 11) is 0. The van der Waals surface area contributed by atoms with E-state index in [0.717, 1.165) is 28.7 Å². The molecule has 2 aromatic heterocycles. The van der Waals surface area contributed by atoms with Crippen LogP contribution in [0, 0.1) is 0 Å². The van der Waals surface area contributed by atoms with Crippen LogP contribution in [0.3, 0.4) is 0 Å². The third kappa shape index (κ3) is 4.21. The van der Waals surface area contributed by atoms with Gasteiger partial charge in [-0.1, -0.05) is 42.1 Å². The molecule has 0 bridgehead atoms. The van der Waals surface area contributed by atoms with Crippen LogP contribution in [0.4, 0.5) is 0 Å². The zero-order valence-electron chi connectivity index (χ0n) is 13.5. The molecular formula is C18H20N4OS. The normalized spacial score (nSPS) is 12.2. The molecule has 0 aliphatic carbocycles. The fourth-order valence-electron chi connectivity index (χ4n) is 2.33. The molecule has 0 saturated carbocycles. The molecule has 0 aliphatic heterocycles. The van der Waals surface area contributed by atoms with Crippen molar-refractivity contribution in [1.29, 1.82) is 0 Å². The van der Waals surface area contributed by atoms with E-state index in [-0.39, 0.29) is 6.10 Å². The summed E-state index contributed by atoms with van der Waals surface area (Å²) in [5, 5.41) is 19.0. The predicted octanol–water partition coefficient (Wildman–Crippen LogP) is 3.25. The summed E-state index contributed by atoms with van der Waals surface area (Å²) in [4.78, 5) is 4.18. The van der Waals surface area contributed by atoms with Crippen molar-refractivity contribution in [2.24, 2.45) is 0 Å². The minimum atomic E-state index is -0.305. The first-order valence-electron chi connectivity index (χ1n) is 7.92. The smallest absolute Gasteiger partial charge is 0.191 e. The van der Waals surface area contributed by atoms with Crippen molar-refractivity contribution in [3.8, 4) is 11.4 Å². The number of rotatable bonds is 7. The molecule has 0 radical (unpaired) electrons. The van der Waals surface area contributed by atoms with E-state index in [1.165, 1.54) is 5.56 Å². The standard InChI is InChI=1S/C18H20N4OS/c1-14(23)9-11-24-18-21-20-17(16-8-5-10-19-12-16)22(18)13-15-6-3-2-4-7-15/h2-8,10,12,14,23H,9,11,13H2,1H3. The largest absolute Gasteiger partial charge is 0.393 e. The maximum Gasteiger partial charge on any atom is 0.191 e. The Kier molecular flexibility index (Phi) is 5.61. The van der Waals surface area contributed by atoms with E-state index >= 15 is 0 Å². The second kappa shape index (κ2) is 8.08. The molecule has 6 heteroatoms. The van der Waals surface area contributed by atoms with E-state index in [0.29, 0.717) is 6.54 Å². The lowest BCUT2D eigenvalue weighted by molar-refractivity contribution is 0.192. The summed E-state index contributed by atoms with van der Waals surface area (Å²) < 4.78 is 2.11. The number of aromatic nitrogens is 4. The van der Waals surface area contributed by atoms with Gasteiger partial charge >= 0.3 is 0 Å². The summed E-state index contributed by atoms with van der Waals surface area (Å²) in [6.45, 7) is 2.51. The molecule has 1 N–H and O–H groups in total. The molecule has 124 valence electrons. The minimum absolute atomic E-state index is 0.305. The van der Waals surface area contributed by atoms with Crippen molar-refractivity contribution in [1.82, 2.24) is 19.7 Å². The molecule has 1 aromatic carbocycles. The topological polar surface area (TPSA) is 63.8 Å². The fourth-order valence-corrected chi connectivity index (χ4v) is 3.38. The van der Waals surface area contributed by atoms with Gasteiger partial charge in [0, 0.05) is 23.7 Å². The van der Waals surface area contributed by atoms with Gasteiger partial charge < -0.3 is 5.11 Å². The van der Waals surface area contributed by atoms with Crippen molar-refractivity contribution < 1.29 is 5.11 Å². The van der Waals surface area contributed by atoms with Gasteiger partial charge in [-0.3, -0.25) is 9.55 Å². The predicted molar refractivity (Wildman–Crippen MR) is 95.8 cm³/mol. The molecule has 3 rings (SSSR count). The zero-order chi connectivity index (χ0) is 16.8. The molecule has 0 amide bonds. The van der Waals surface area contributed by atoms with E-state index in [1.54, 1.807) is 31.1 Å². The van der Waals surface area contributed by atoms with Gasteiger partial charge in [0.15, 0.2) is 11.0 Å². The van der Waals surface area contributed by atoms with Gasteiger partial charge in [0.1, 0.15) is 0 Å². The van der Waals surface area contributed by atoms with Gasteiger partial charge in [-0.15, -0.1) is 10.2 Å². The van der Waals surface area contributed by atoms with Crippen molar-refractivity contribution in [3.63, 3.8) is 0 Å². The molecule has 2 heterocycles. The Morgan fingerprint density at radius 1 is 1.12 bits per heavy atom. The molecule has 0 saturated heterocycles. The number of nitrogens with zero attached hydrogens (tertiary/aromatic N) is 4. The third-order valence-electron chi connectivity index (χ3n) is 3.59. The first-order valence-corrected chi connectivity index (χ1v) is 8.91. The lowest BCUT2D eigenvalue weighted by atomic mass is 10.2. The maximum absolute atomic E-state index is 9.45. The van der Waals surface area contributed by atoms with Crippen LogP contribution in [0.2, 0.25) is 0 Å². The Morgan fingerprint density at radius 3 is 2.67 bits per heavy atom. The lowest BCUT2D eigenvalue weighted by Crippen LogP contribution is -2.05. The number of hydrogen-bond donors (Lipinski definition) is 1. The van der Waals surface area contributed by atoms with E-state index in [9.17, 15) is 5.11 Å². The van der Waals surface area contributed by atoms with Gasteiger partial charge in [-0.25, -0.2) is 0 Å². The molecule has 0 fully saturated rings. The SMILES string of the molecule is CC(O)CCSc1nnc(-c2cccnc2)n1Cc1ccccc1. The number of hydrogen-bond acceptors (Lipinski definition) is 5. The molecule has 3 aromatic rings. The Hall–Kier alpha value is -2.18. The quantitative estimate of drug-likeness (QED) is 0.669. The second-order valence-corrected chi connectivity index (χ2v) is 6.67. The highest BCUT2D eigenvalue weighted by Crippen LogP contribution is 2.25. The van der Waals surface area contributed by atoms with Gasteiger partial charge in [0.05, 0.1) is 12.6 Å². The molecule has 24 heavy (non-hydrogen) atoms. The van der Waals surface area contributed by atoms with Crippen molar-refractivity contribution in [2.75, 3.05) is 5.75 Å². The highest BCUT2D eigenvalue weighted by atomic mass is 32.2. The minimum Gasteiger partial charge on any atom is -0.393 e. The Labute approximate surface area is 145 Å². The van der Waals surface area contributed by atoms with Crippen LogP contribution in [0.5, 0.6) is 0 Å². The van der Waals surface area contributed by atoms with Crippen molar-refractivity contribution in [2.45, 2.75) is 31.1 Å². The first kappa shape index (κ1) is 16.7. The average molecular weight is 340 g/mol. The summed E-state index contributed by atoms with van der Waals surface area (Å²) in [6, 6.07) is 14.2. The second-order valence-electron chi connectivity index (χ2n) is 5.61. The molecule has 5 nitrogen and oxygen atoms in total. The Bertz CT molecular complexity index is 759. The third-order valence-corrected chi connectivity index (χ3v) is 4.59. The van der Waals surface area contributed by atoms with E-state index < -0.39 is 0 Å². The summed E-state index contributed by atoms with van der Waals surface area (Å²) in [6.07, 6.45) is 3.97. The molecule has 0 spiro atoms. The maximum atomic E-state index is 9.45. The highest BCUT2D eigenvalue weighted by molar-refractivity contribution is 7.99. The van der Waals surface area contributed by atoms with Crippen LogP contribution >= 0.6 is 11.8 Å². The number of aliphatic hydroxyl groups excluding tert-OH is 1. The van der Waals surface area contributed by atoms with E-state index in [4.69, 9.17) is 0 Å². The van der Waals surface area contributed by atoms with Crippen LogP contribution in [-0.2, 0) is 6.54 Å². The molecular weight excluding hydrogens is 320 g/mol. The Balaban J connectivity index is 1.90. The number of benzene rings is 1. The van der Waals surface area contributed by atoms with Crippen LogP contribution in [-0.4, -0.2) is 36.7 Å². The fraction of sp³-hybridized carbons (Fsp3) is 0.278. The first-order chi connectivity index (χ1) is 11.7. The van der Waals surface area contributed by atoms with E-state index in [2.05, 4.69) is 31.9 Å².